The van der Waals surface area contributed by atoms with E-state index in [-0.39, 0.29) is 36.2 Å². The number of aromatic nitrogens is 3. The summed E-state index contributed by atoms with van der Waals surface area (Å²) in [6, 6.07) is 15.5. The Bertz CT molecular complexity index is 1970. The maximum Gasteiger partial charge on any atom is 0.248 e. The van der Waals surface area contributed by atoms with E-state index >= 15 is 4.39 Å². The van der Waals surface area contributed by atoms with Gasteiger partial charge in [0, 0.05) is 61.8 Å². The molecule has 8 nitrogen and oxygen atoms in total. The Hall–Kier alpha value is -4.22. The number of alkyl halides is 3. The van der Waals surface area contributed by atoms with Crippen molar-refractivity contribution in [3.8, 4) is 5.75 Å². The molecule has 11 heteroatoms. The molecule has 2 atom stereocenters. The summed E-state index contributed by atoms with van der Waals surface area (Å²) >= 11 is 0. The van der Waals surface area contributed by atoms with E-state index in [9.17, 15) is 8.78 Å². The molecule has 0 N–H and O–H groups in total. The lowest BCUT2D eigenvalue weighted by atomic mass is 9.68. The first-order valence-corrected chi connectivity index (χ1v) is 20.8. The van der Waals surface area contributed by atoms with Gasteiger partial charge in [0.1, 0.15) is 5.75 Å². The lowest BCUT2D eigenvalue weighted by Crippen LogP contribution is -2.37. The second-order valence-electron chi connectivity index (χ2n) is 17.4. The Morgan fingerprint density at radius 2 is 1.51 bits per heavy atom. The van der Waals surface area contributed by atoms with Crippen LogP contribution in [0.15, 0.2) is 60.9 Å². The minimum atomic E-state index is -2.72. The largest absolute Gasteiger partial charge is 0.497 e. The predicted octanol–water partition coefficient (Wildman–Crippen LogP) is 9.99. The molecule has 0 spiro atoms. The lowest BCUT2D eigenvalue weighted by molar-refractivity contribution is -0.0390. The van der Waals surface area contributed by atoms with Crippen molar-refractivity contribution >= 4 is 11.6 Å². The molecule has 3 fully saturated rings. The Labute approximate surface area is 335 Å². The van der Waals surface area contributed by atoms with Gasteiger partial charge in [0.15, 0.2) is 6.17 Å². The molecular weight excluding hydrogens is 728 g/mol. The maximum atomic E-state index is 17.8. The smallest absolute Gasteiger partial charge is 0.248 e. The van der Waals surface area contributed by atoms with E-state index < -0.39 is 12.1 Å². The molecule has 2 aromatic heterocycles. The van der Waals surface area contributed by atoms with Crippen molar-refractivity contribution in [2.45, 2.75) is 109 Å². The third-order valence-electron chi connectivity index (χ3n) is 12.7. The molecule has 2 aliphatic heterocycles. The molecule has 57 heavy (non-hydrogen) atoms. The number of morpholine rings is 1. The highest BCUT2D eigenvalue weighted by atomic mass is 19.3. The van der Waals surface area contributed by atoms with Gasteiger partial charge in [-0.25, -0.2) is 23.1 Å². The summed E-state index contributed by atoms with van der Waals surface area (Å²) in [7, 11) is 1.64. The molecular formula is C46H56F3N5O3. The average molecular weight is 784 g/mol. The van der Waals surface area contributed by atoms with Crippen molar-refractivity contribution in [1.29, 1.82) is 0 Å². The third kappa shape index (κ3) is 8.80. The summed E-state index contributed by atoms with van der Waals surface area (Å²) in [5.74, 6) is -1.52. The van der Waals surface area contributed by atoms with Gasteiger partial charge >= 0.3 is 0 Å². The number of hydrogen-bond acceptors (Lipinski definition) is 8. The Morgan fingerprint density at radius 3 is 2.16 bits per heavy atom. The van der Waals surface area contributed by atoms with E-state index in [0.29, 0.717) is 69.2 Å². The fourth-order valence-corrected chi connectivity index (χ4v) is 9.45. The Morgan fingerprint density at radius 1 is 0.842 bits per heavy atom. The molecule has 2 aromatic carbocycles. The standard InChI is InChI=1S/C46H56F3N5O3/c1-30-5-9-33(10-6-30)42(47)41-39(32-13-17-46(48,49)18-14-32)40-37(25-45(2,3)26-38(40)57-29-31-7-11-36(55-4)12-8-31)52-43(41)34-15-19-54(20-16-34)44-50-27-35(28-51-44)53-21-23-56-24-22-53/h5-12,27-28,32,34,38,42H,13-26,29H2,1-4H3. The number of fused-ring (bicyclic) bond motifs is 1. The van der Waals surface area contributed by atoms with Crippen molar-refractivity contribution in [3.63, 3.8) is 0 Å². The van der Waals surface area contributed by atoms with Crippen molar-refractivity contribution in [2.75, 3.05) is 56.3 Å². The molecule has 1 saturated carbocycles. The number of methoxy groups -OCH3 is 1. The monoisotopic (exact) mass is 783 g/mol. The number of hydrogen-bond donors (Lipinski definition) is 0. The van der Waals surface area contributed by atoms with Crippen molar-refractivity contribution in [2.24, 2.45) is 5.41 Å². The van der Waals surface area contributed by atoms with E-state index in [1.807, 2.05) is 67.8 Å². The Balaban J connectivity index is 1.18. The molecule has 2 unspecified atom stereocenters. The summed E-state index contributed by atoms with van der Waals surface area (Å²) in [5, 5.41) is 0. The molecule has 8 rings (SSSR count). The van der Waals surface area contributed by atoms with Crippen LogP contribution in [0.4, 0.5) is 24.8 Å². The molecule has 4 aliphatic rings. The summed E-state index contributed by atoms with van der Waals surface area (Å²) in [6.45, 7) is 11.3. The van der Waals surface area contributed by atoms with E-state index in [1.165, 1.54) is 0 Å². The minimum absolute atomic E-state index is 0.0228. The van der Waals surface area contributed by atoms with Gasteiger partial charge in [0.25, 0.3) is 0 Å². The van der Waals surface area contributed by atoms with Gasteiger partial charge in [-0.15, -0.1) is 0 Å². The van der Waals surface area contributed by atoms with Crippen LogP contribution in [-0.4, -0.2) is 67.4 Å². The first-order chi connectivity index (χ1) is 27.5. The van der Waals surface area contributed by atoms with Crippen molar-refractivity contribution in [1.82, 2.24) is 15.0 Å². The predicted molar refractivity (Wildman–Crippen MR) is 216 cm³/mol. The number of benzene rings is 2. The number of halogens is 3. The topological polar surface area (TPSA) is 72.8 Å². The van der Waals surface area contributed by atoms with Crippen LogP contribution in [0.25, 0.3) is 0 Å². The number of piperidine rings is 1. The molecule has 304 valence electrons. The zero-order valence-corrected chi connectivity index (χ0v) is 33.8. The fourth-order valence-electron chi connectivity index (χ4n) is 9.45. The van der Waals surface area contributed by atoms with Gasteiger partial charge in [-0.1, -0.05) is 55.8 Å². The van der Waals surface area contributed by atoms with Crippen LogP contribution in [0.2, 0.25) is 0 Å². The number of nitrogens with zero attached hydrogens (tertiary/aromatic N) is 5. The minimum Gasteiger partial charge on any atom is -0.497 e. The van der Waals surface area contributed by atoms with Crippen LogP contribution in [0.5, 0.6) is 5.75 Å². The normalized spacial score (nSPS) is 21.9. The van der Waals surface area contributed by atoms with Gasteiger partial charge in [-0.05, 0) is 85.6 Å². The van der Waals surface area contributed by atoms with Crippen LogP contribution in [-0.2, 0) is 22.5 Å². The van der Waals surface area contributed by atoms with Gasteiger partial charge in [-0.3, -0.25) is 4.98 Å². The van der Waals surface area contributed by atoms with Crippen LogP contribution < -0.4 is 14.5 Å². The van der Waals surface area contributed by atoms with Gasteiger partial charge in [0.2, 0.25) is 11.9 Å². The van der Waals surface area contributed by atoms with E-state index in [0.717, 1.165) is 77.4 Å². The third-order valence-corrected chi connectivity index (χ3v) is 12.7. The molecule has 0 amide bonds. The Kier molecular flexibility index (Phi) is 11.5. The van der Waals surface area contributed by atoms with E-state index in [2.05, 4.69) is 23.6 Å². The van der Waals surface area contributed by atoms with Gasteiger partial charge < -0.3 is 24.0 Å². The van der Waals surface area contributed by atoms with Crippen LogP contribution in [0.1, 0.15) is 128 Å². The molecule has 2 aliphatic carbocycles. The number of pyridine rings is 1. The van der Waals surface area contributed by atoms with Crippen molar-refractivity contribution < 1.29 is 27.4 Å². The van der Waals surface area contributed by atoms with E-state index in [1.54, 1.807) is 7.11 Å². The fraction of sp³-hybridized carbons (Fsp3) is 0.543. The first-order valence-electron chi connectivity index (χ1n) is 20.8. The number of ether oxygens (including phenoxy) is 3. The highest BCUT2D eigenvalue weighted by molar-refractivity contribution is 5.52. The first kappa shape index (κ1) is 39.6. The zero-order chi connectivity index (χ0) is 39.7. The quantitative estimate of drug-likeness (QED) is 0.158. The highest BCUT2D eigenvalue weighted by Crippen LogP contribution is 2.53. The van der Waals surface area contributed by atoms with E-state index in [4.69, 9.17) is 29.2 Å². The number of anilines is 2. The van der Waals surface area contributed by atoms with Crippen LogP contribution in [0, 0.1) is 12.3 Å². The van der Waals surface area contributed by atoms with Gasteiger partial charge in [-0.2, -0.15) is 0 Å². The van der Waals surface area contributed by atoms with Gasteiger partial charge in [0.05, 0.1) is 56.8 Å². The SMILES string of the molecule is COc1ccc(COC2CC(C)(C)Cc3nc(C4CCN(c5ncc(N6CCOCC6)cn5)CC4)c(C(F)c4ccc(C)cc4)c(C4CCC(F)(F)CC4)c32)cc1. The maximum absolute atomic E-state index is 17.8. The average Bonchev–Trinajstić information content (AvgIpc) is 3.22. The molecule has 4 heterocycles. The summed E-state index contributed by atoms with van der Waals surface area (Å²) < 4.78 is 65.3. The summed E-state index contributed by atoms with van der Waals surface area (Å²) in [5.41, 5.74) is 7.55. The number of aryl methyl sites for hydroxylation is 1. The number of rotatable bonds is 10. The molecule has 0 radical (unpaired) electrons. The lowest BCUT2D eigenvalue weighted by Gasteiger charge is -2.42. The van der Waals surface area contributed by atoms with Crippen LogP contribution in [0.3, 0.4) is 0 Å². The summed E-state index contributed by atoms with van der Waals surface area (Å²) in [4.78, 5) is 19.5. The molecule has 4 aromatic rings. The molecule has 0 bridgehead atoms. The summed E-state index contributed by atoms with van der Waals surface area (Å²) in [6.07, 6.45) is 5.04. The molecule has 2 saturated heterocycles. The zero-order valence-electron chi connectivity index (χ0n) is 33.8. The van der Waals surface area contributed by atoms with Crippen LogP contribution >= 0.6 is 0 Å². The second-order valence-corrected chi connectivity index (χ2v) is 17.4. The second kappa shape index (κ2) is 16.6. The highest BCUT2D eigenvalue weighted by Gasteiger charge is 2.44. The van der Waals surface area contributed by atoms with Crippen molar-refractivity contribution in [3.05, 3.63) is 106 Å².